The highest BCUT2D eigenvalue weighted by molar-refractivity contribution is 6.32. The summed E-state index contributed by atoms with van der Waals surface area (Å²) in [5.41, 5.74) is 0.310. The van der Waals surface area contributed by atoms with E-state index >= 15 is 0 Å². The molecular weight excluding hydrogens is 270 g/mol. The topological polar surface area (TPSA) is 64.6 Å². The van der Waals surface area contributed by atoms with Gasteiger partial charge in [0.1, 0.15) is 5.75 Å². The van der Waals surface area contributed by atoms with Crippen LogP contribution >= 0.6 is 11.6 Å². The predicted octanol–water partition coefficient (Wildman–Crippen LogP) is 1.68. The summed E-state index contributed by atoms with van der Waals surface area (Å²) >= 11 is 5.91. The average molecular weight is 286 g/mol. The first-order chi connectivity index (χ1) is 9.08. The van der Waals surface area contributed by atoms with Crippen molar-refractivity contribution >= 4 is 23.8 Å². The van der Waals surface area contributed by atoms with Crippen LogP contribution in [0.5, 0.6) is 5.75 Å². The van der Waals surface area contributed by atoms with Crippen molar-refractivity contribution in [3.8, 4) is 5.75 Å². The maximum atomic E-state index is 11.6. The molecule has 19 heavy (non-hydrogen) atoms. The number of halogens is 1. The summed E-state index contributed by atoms with van der Waals surface area (Å²) in [5, 5.41) is 2.98. The van der Waals surface area contributed by atoms with E-state index in [2.05, 4.69) is 5.32 Å². The molecule has 0 aliphatic heterocycles. The normalized spacial score (nSPS) is 11.7. The minimum absolute atomic E-state index is 0.113. The predicted molar refractivity (Wildman–Crippen MR) is 71.8 cm³/mol. The number of benzene rings is 1. The van der Waals surface area contributed by atoms with Crippen LogP contribution in [0.15, 0.2) is 18.2 Å². The van der Waals surface area contributed by atoms with Crippen LogP contribution < -0.4 is 10.1 Å². The van der Waals surface area contributed by atoms with Crippen LogP contribution in [0.3, 0.4) is 0 Å². The number of amides is 1. The van der Waals surface area contributed by atoms with E-state index in [9.17, 15) is 9.59 Å². The first-order valence-corrected chi connectivity index (χ1v) is 6.11. The zero-order valence-corrected chi connectivity index (χ0v) is 11.6. The highest BCUT2D eigenvalue weighted by atomic mass is 35.5. The Morgan fingerprint density at radius 1 is 1.53 bits per heavy atom. The fourth-order valence-electron chi connectivity index (χ4n) is 1.52. The molecule has 1 aromatic carbocycles. The minimum atomic E-state index is -0.304. The summed E-state index contributed by atoms with van der Waals surface area (Å²) in [6, 6.07) is 4.69. The summed E-state index contributed by atoms with van der Waals surface area (Å²) in [4.78, 5) is 22.4. The molecule has 6 heteroatoms. The first kappa shape index (κ1) is 15.5. The third kappa shape index (κ3) is 4.89. The van der Waals surface area contributed by atoms with Gasteiger partial charge in [0.2, 0.25) is 0 Å². The second kappa shape index (κ2) is 7.76. The van der Waals surface area contributed by atoms with Gasteiger partial charge in [-0.15, -0.1) is 0 Å². The number of rotatable bonds is 7. The van der Waals surface area contributed by atoms with Gasteiger partial charge in [0.05, 0.1) is 17.2 Å². The summed E-state index contributed by atoms with van der Waals surface area (Å²) in [6.07, 6.45) is 0.632. The molecule has 0 fully saturated rings. The molecule has 0 saturated carbocycles. The van der Waals surface area contributed by atoms with E-state index in [4.69, 9.17) is 21.1 Å². The lowest BCUT2D eigenvalue weighted by Gasteiger charge is -2.14. The number of aldehydes is 1. The second-order valence-electron chi connectivity index (χ2n) is 3.99. The quantitative estimate of drug-likeness (QED) is 0.774. The van der Waals surface area contributed by atoms with E-state index in [-0.39, 0.29) is 24.3 Å². The van der Waals surface area contributed by atoms with Gasteiger partial charge in [-0.05, 0) is 19.1 Å². The van der Waals surface area contributed by atoms with Gasteiger partial charge in [0, 0.05) is 13.2 Å². The van der Waals surface area contributed by atoms with E-state index < -0.39 is 0 Å². The molecule has 0 saturated heterocycles. The molecule has 104 valence electrons. The molecule has 0 aliphatic rings. The SMILES string of the molecule is COCC(C)NC(=O)COc1c(Cl)cccc1C=O. The third-order valence-corrected chi connectivity index (χ3v) is 2.59. The van der Waals surface area contributed by atoms with Gasteiger partial charge in [0.25, 0.3) is 5.91 Å². The molecule has 0 radical (unpaired) electrons. The number of hydrogen-bond acceptors (Lipinski definition) is 4. The van der Waals surface area contributed by atoms with Crippen molar-refractivity contribution in [2.75, 3.05) is 20.3 Å². The molecule has 0 heterocycles. The van der Waals surface area contributed by atoms with Gasteiger partial charge >= 0.3 is 0 Å². The van der Waals surface area contributed by atoms with Crippen LogP contribution in [-0.2, 0) is 9.53 Å². The van der Waals surface area contributed by atoms with Crippen LogP contribution in [0, 0.1) is 0 Å². The molecule has 0 aliphatic carbocycles. The van der Waals surface area contributed by atoms with Crippen LogP contribution in [0.1, 0.15) is 17.3 Å². The number of para-hydroxylation sites is 1. The second-order valence-corrected chi connectivity index (χ2v) is 4.40. The van der Waals surface area contributed by atoms with Gasteiger partial charge in [-0.1, -0.05) is 17.7 Å². The van der Waals surface area contributed by atoms with Crippen molar-refractivity contribution in [1.29, 1.82) is 0 Å². The van der Waals surface area contributed by atoms with Gasteiger partial charge in [-0.2, -0.15) is 0 Å². The number of hydrogen-bond donors (Lipinski definition) is 1. The van der Waals surface area contributed by atoms with Crippen molar-refractivity contribution in [2.24, 2.45) is 0 Å². The summed E-state index contributed by atoms with van der Waals surface area (Å²) in [7, 11) is 1.55. The van der Waals surface area contributed by atoms with Gasteiger partial charge < -0.3 is 14.8 Å². The third-order valence-electron chi connectivity index (χ3n) is 2.30. The maximum absolute atomic E-state index is 11.6. The smallest absolute Gasteiger partial charge is 0.258 e. The molecule has 1 unspecified atom stereocenters. The highest BCUT2D eigenvalue weighted by Gasteiger charge is 2.11. The Balaban J connectivity index is 2.57. The maximum Gasteiger partial charge on any atom is 0.258 e. The Kier molecular flexibility index (Phi) is 6.32. The van der Waals surface area contributed by atoms with Crippen molar-refractivity contribution in [3.63, 3.8) is 0 Å². The zero-order chi connectivity index (χ0) is 14.3. The largest absolute Gasteiger partial charge is 0.481 e. The first-order valence-electron chi connectivity index (χ1n) is 5.73. The molecule has 1 amide bonds. The van der Waals surface area contributed by atoms with Crippen LogP contribution in [0.25, 0.3) is 0 Å². The molecule has 1 rings (SSSR count). The molecule has 1 N–H and O–H groups in total. The molecular formula is C13H16ClNO4. The molecule has 5 nitrogen and oxygen atoms in total. The average Bonchev–Trinajstić information content (AvgIpc) is 2.37. The Morgan fingerprint density at radius 3 is 2.89 bits per heavy atom. The van der Waals surface area contributed by atoms with E-state index in [1.165, 1.54) is 0 Å². The van der Waals surface area contributed by atoms with Crippen molar-refractivity contribution in [3.05, 3.63) is 28.8 Å². The number of methoxy groups -OCH3 is 1. The monoisotopic (exact) mass is 285 g/mol. The van der Waals surface area contributed by atoms with Crippen LogP contribution in [0.4, 0.5) is 0 Å². The lowest BCUT2D eigenvalue weighted by Crippen LogP contribution is -2.38. The van der Waals surface area contributed by atoms with Crippen LogP contribution in [0.2, 0.25) is 5.02 Å². The number of ether oxygens (including phenoxy) is 2. The van der Waals surface area contributed by atoms with E-state index in [1.54, 1.807) is 25.3 Å². The Morgan fingerprint density at radius 2 is 2.26 bits per heavy atom. The highest BCUT2D eigenvalue weighted by Crippen LogP contribution is 2.27. The standard InChI is InChI=1S/C13H16ClNO4/c1-9(7-18-2)15-12(17)8-19-13-10(6-16)4-3-5-11(13)14/h3-6,9H,7-8H2,1-2H3,(H,15,17). The number of carbonyl (C=O) groups is 2. The lowest BCUT2D eigenvalue weighted by molar-refractivity contribution is -0.124. The zero-order valence-electron chi connectivity index (χ0n) is 10.8. The molecule has 0 aromatic heterocycles. The number of nitrogens with one attached hydrogen (secondary N) is 1. The van der Waals surface area contributed by atoms with Gasteiger partial charge in [-0.25, -0.2) is 0 Å². The Hall–Kier alpha value is -1.59. The fraction of sp³-hybridized carbons (Fsp3) is 0.385. The van der Waals surface area contributed by atoms with Crippen molar-refractivity contribution in [1.82, 2.24) is 5.32 Å². The summed E-state index contributed by atoms with van der Waals surface area (Å²) in [5.74, 6) is -0.0879. The van der Waals surface area contributed by atoms with E-state index in [0.717, 1.165) is 0 Å². The lowest BCUT2D eigenvalue weighted by atomic mass is 10.2. The fourth-order valence-corrected chi connectivity index (χ4v) is 1.75. The molecule has 0 spiro atoms. The molecule has 1 atom stereocenters. The van der Waals surface area contributed by atoms with Gasteiger partial charge in [-0.3, -0.25) is 9.59 Å². The minimum Gasteiger partial charge on any atom is -0.481 e. The van der Waals surface area contributed by atoms with Crippen molar-refractivity contribution < 1.29 is 19.1 Å². The molecule has 1 aromatic rings. The van der Waals surface area contributed by atoms with E-state index in [0.29, 0.717) is 23.5 Å². The summed E-state index contributed by atoms with van der Waals surface area (Å²) < 4.78 is 10.2. The molecule has 0 bridgehead atoms. The Bertz CT molecular complexity index is 450. The number of carbonyl (C=O) groups excluding carboxylic acids is 2. The van der Waals surface area contributed by atoms with E-state index in [1.807, 2.05) is 6.92 Å². The summed E-state index contributed by atoms with van der Waals surface area (Å²) in [6.45, 7) is 2.02. The van der Waals surface area contributed by atoms with Gasteiger partial charge in [0.15, 0.2) is 12.9 Å². The Labute approximate surface area is 116 Å². The van der Waals surface area contributed by atoms with Crippen molar-refractivity contribution in [2.45, 2.75) is 13.0 Å². The van der Waals surface area contributed by atoms with Crippen LogP contribution in [-0.4, -0.2) is 38.6 Å².